The van der Waals surface area contributed by atoms with Gasteiger partial charge in [0, 0.05) is 0 Å². The van der Waals surface area contributed by atoms with Crippen molar-refractivity contribution in [1.82, 2.24) is 0 Å². The Morgan fingerprint density at radius 1 is 1.75 bits per heavy atom. The molecule has 0 radical (unpaired) electrons. The van der Waals surface area contributed by atoms with E-state index in [-0.39, 0.29) is 0 Å². The number of hydrogen-bond acceptors (Lipinski definition) is 1. The van der Waals surface area contributed by atoms with Gasteiger partial charge in [-0.25, -0.2) is 0 Å². The van der Waals surface area contributed by atoms with E-state index in [1.54, 1.807) is 13.8 Å². The molecule has 0 aromatic rings. The van der Waals surface area contributed by atoms with E-state index in [0.29, 0.717) is 0 Å². The number of carboxylic acids is 1. The molecule has 2 nitrogen and oxygen atoms in total. The third kappa shape index (κ3) is 1.37. The summed E-state index contributed by atoms with van der Waals surface area (Å²) in [7, 11) is 0. The molecule has 0 aliphatic heterocycles. The van der Waals surface area contributed by atoms with Crippen molar-refractivity contribution in [3.8, 4) is 0 Å². The van der Waals surface area contributed by atoms with Gasteiger partial charge < -0.3 is 5.11 Å². The molecular formula is C6H10O2. The Labute approximate surface area is 48.8 Å². The molecule has 0 heterocycles. The van der Waals surface area contributed by atoms with Crippen LogP contribution in [0, 0.1) is 5.41 Å². The number of rotatable bonds is 2. The van der Waals surface area contributed by atoms with Crippen molar-refractivity contribution in [3.63, 3.8) is 0 Å². The Morgan fingerprint density at radius 2 is 2.12 bits per heavy atom. The van der Waals surface area contributed by atoms with Gasteiger partial charge in [0.25, 0.3) is 0 Å². The second-order valence-corrected chi connectivity index (χ2v) is 2.23. The molecule has 0 aliphatic carbocycles. The number of hydrogen-bond donors (Lipinski definition) is 1. The van der Waals surface area contributed by atoms with Gasteiger partial charge in [-0.15, -0.1) is 6.58 Å². The van der Waals surface area contributed by atoms with E-state index in [2.05, 4.69) is 6.58 Å². The standard InChI is InChI=1S/C6H10O2/c1-4-6(2,3)5(7)8/h4H,1H2,2-3H3,(H,7,8). The zero-order valence-corrected chi connectivity index (χ0v) is 5.14. The van der Waals surface area contributed by atoms with Gasteiger partial charge in [0.1, 0.15) is 0 Å². The van der Waals surface area contributed by atoms with Crippen molar-refractivity contribution in [2.45, 2.75) is 13.8 Å². The summed E-state index contributed by atoms with van der Waals surface area (Å²) in [5.74, 6) is -0.840. The maximum atomic E-state index is 10.2. The van der Waals surface area contributed by atoms with Gasteiger partial charge in [-0.05, 0) is 13.8 Å². The Morgan fingerprint density at radius 3 is 2.12 bits per heavy atom. The summed E-state index contributed by atoms with van der Waals surface area (Å²) in [6, 6.07) is 0. The Bertz CT molecular complexity index is 114. The quantitative estimate of drug-likeness (QED) is 0.549. The molecule has 0 saturated carbocycles. The van der Waals surface area contributed by atoms with E-state index in [1.165, 1.54) is 6.08 Å². The van der Waals surface area contributed by atoms with Crippen LogP contribution in [-0.2, 0) is 4.79 Å². The summed E-state index contributed by atoms with van der Waals surface area (Å²) in [6.45, 7) is 6.57. The summed E-state index contributed by atoms with van der Waals surface area (Å²) in [5, 5.41) is 8.37. The van der Waals surface area contributed by atoms with Crippen LogP contribution >= 0.6 is 0 Å². The average Bonchev–Trinajstić information content (AvgIpc) is 1.67. The maximum absolute atomic E-state index is 10.2. The topological polar surface area (TPSA) is 37.3 Å². The molecule has 46 valence electrons. The summed E-state index contributed by atoms with van der Waals surface area (Å²) < 4.78 is 0. The van der Waals surface area contributed by atoms with Crippen molar-refractivity contribution in [3.05, 3.63) is 12.7 Å². The number of carbonyl (C=O) groups is 1. The van der Waals surface area contributed by atoms with Gasteiger partial charge in [0.05, 0.1) is 5.41 Å². The fraction of sp³-hybridized carbons (Fsp3) is 0.500. The molecular weight excluding hydrogens is 104 g/mol. The van der Waals surface area contributed by atoms with E-state index >= 15 is 0 Å². The lowest BCUT2D eigenvalue weighted by Gasteiger charge is -2.10. The highest BCUT2D eigenvalue weighted by molar-refractivity contribution is 5.75. The highest BCUT2D eigenvalue weighted by Crippen LogP contribution is 2.14. The molecule has 0 bridgehead atoms. The van der Waals surface area contributed by atoms with Gasteiger partial charge in [-0.1, -0.05) is 6.08 Å². The predicted octanol–water partition coefficient (Wildman–Crippen LogP) is 1.28. The molecule has 0 spiro atoms. The third-order valence-electron chi connectivity index (χ3n) is 1.06. The normalized spacial score (nSPS) is 10.8. The molecule has 0 aliphatic rings. The van der Waals surface area contributed by atoms with Crippen LogP contribution in [0.5, 0.6) is 0 Å². The minimum absolute atomic E-state index is 0.778. The lowest BCUT2D eigenvalue weighted by atomic mass is 9.95. The van der Waals surface area contributed by atoms with Gasteiger partial charge in [-0.2, -0.15) is 0 Å². The Kier molecular flexibility index (Phi) is 1.79. The summed E-state index contributed by atoms with van der Waals surface area (Å²) >= 11 is 0. The van der Waals surface area contributed by atoms with Crippen LogP contribution in [0.25, 0.3) is 0 Å². The van der Waals surface area contributed by atoms with E-state index < -0.39 is 11.4 Å². The first-order chi connectivity index (χ1) is 3.50. The molecule has 1 N–H and O–H groups in total. The Balaban J connectivity index is 4.12. The monoisotopic (exact) mass is 114 g/mol. The molecule has 0 atom stereocenters. The zero-order valence-electron chi connectivity index (χ0n) is 5.14. The fourth-order valence-corrected chi connectivity index (χ4v) is 0.0873. The number of aliphatic carboxylic acids is 1. The average molecular weight is 114 g/mol. The van der Waals surface area contributed by atoms with E-state index in [1.807, 2.05) is 0 Å². The highest BCUT2D eigenvalue weighted by Gasteiger charge is 2.21. The van der Waals surface area contributed by atoms with Gasteiger partial charge in [-0.3, -0.25) is 4.79 Å². The molecule has 0 unspecified atom stereocenters. The molecule has 0 saturated heterocycles. The first-order valence-electron chi connectivity index (χ1n) is 2.37. The molecule has 0 aromatic heterocycles. The third-order valence-corrected chi connectivity index (χ3v) is 1.06. The van der Waals surface area contributed by atoms with Gasteiger partial charge in [0.15, 0.2) is 0 Å². The van der Waals surface area contributed by atoms with Gasteiger partial charge in [0.2, 0.25) is 0 Å². The Hall–Kier alpha value is -0.790. The highest BCUT2D eigenvalue weighted by atomic mass is 16.4. The van der Waals surface area contributed by atoms with Crippen LogP contribution in [0.1, 0.15) is 13.8 Å². The van der Waals surface area contributed by atoms with Crippen molar-refractivity contribution in [2.24, 2.45) is 5.41 Å². The van der Waals surface area contributed by atoms with Crippen molar-refractivity contribution in [2.75, 3.05) is 0 Å². The van der Waals surface area contributed by atoms with Crippen molar-refractivity contribution < 1.29 is 9.90 Å². The second-order valence-electron chi connectivity index (χ2n) is 2.23. The summed E-state index contributed by atoms with van der Waals surface area (Å²) in [5.41, 5.74) is -0.778. The first kappa shape index (κ1) is 7.21. The van der Waals surface area contributed by atoms with Crippen LogP contribution in [0.15, 0.2) is 12.7 Å². The lowest BCUT2D eigenvalue weighted by Crippen LogP contribution is -2.19. The molecule has 8 heavy (non-hydrogen) atoms. The molecule has 0 amide bonds. The molecule has 0 rings (SSSR count). The smallest absolute Gasteiger partial charge is 0.312 e. The summed E-state index contributed by atoms with van der Waals surface area (Å²) in [6.07, 6.45) is 1.41. The van der Waals surface area contributed by atoms with Crippen LogP contribution < -0.4 is 0 Å². The van der Waals surface area contributed by atoms with Gasteiger partial charge >= 0.3 is 5.97 Å². The van der Waals surface area contributed by atoms with Crippen molar-refractivity contribution >= 4 is 5.97 Å². The minimum Gasteiger partial charge on any atom is -0.481 e. The van der Waals surface area contributed by atoms with Crippen LogP contribution in [0.3, 0.4) is 0 Å². The second kappa shape index (κ2) is 1.99. The first-order valence-corrected chi connectivity index (χ1v) is 2.37. The molecule has 0 aromatic carbocycles. The van der Waals surface area contributed by atoms with E-state index in [9.17, 15) is 4.79 Å². The van der Waals surface area contributed by atoms with E-state index in [4.69, 9.17) is 5.11 Å². The largest absolute Gasteiger partial charge is 0.481 e. The lowest BCUT2D eigenvalue weighted by molar-refractivity contribution is -0.144. The molecule has 0 fully saturated rings. The zero-order chi connectivity index (χ0) is 6.78. The van der Waals surface area contributed by atoms with Crippen LogP contribution in [0.2, 0.25) is 0 Å². The SMILES string of the molecule is C=CC(C)(C)C(=O)O. The van der Waals surface area contributed by atoms with Crippen LogP contribution in [0.4, 0.5) is 0 Å². The fourth-order valence-electron chi connectivity index (χ4n) is 0.0873. The number of carboxylic acid groups (broad SMARTS) is 1. The molecule has 2 heteroatoms. The van der Waals surface area contributed by atoms with Crippen molar-refractivity contribution in [1.29, 1.82) is 0 Å². The maximum Gasteiger partial charge on any atom is 0.312 e. The van der Waals surface area contributed by atoms with Crippen LogP contribution in [-0.4, -0.2) is 11.1 Å². The predicted molar refractivity (Wildman–Crippen MR) is 31.6 cm³/mol. The summed E-state index contributed by atoms with van der Waals surface area (Å²) in [4.78, 5) is 10.2. The van der Waals surface area contributed by atoms with E-state index in [0.717, 1.165) is 0 Å². The minimum atomic E-state index is -0.840.